The zero-order valence-corrected chi connectivity index (χ0v) is 14.4. The summed E-state index contributed by atoms with van der Waals surface area (Å²) in [5, 5.41) is 0. The van der Waals surface area contributed by atoms with Crippen LogP contribution in [0.5, 0.6) is 0 Å². The van der Waals surface area contributed by atoms with Crippen molar-refractivity contribution in [3.8, 4) is 0 Å². The molecule has 1 heterocycles. The van der Waals surface area contributed by atoms with Crippen LogP contribution in [0.3, 0.4) is 0 Å². The maximum Gasteiger partial charge on any atom is 0.344 e. The van der Waals surface area contributed by atoms with Crippen LogP contribution in [0.4, 0.5) is 0 Å². The number of esters is 3. The van der Waals surface area contributed by atoms with Gasteiger partial charge in [0.15, 0.2) is 12.7 Å². The summed E-state index contributed by atoms with van der Waals surface area (Å²) in [6, 6.07) is 0. The molecule has 0 aromatic rings. The van der Waals surface area contributed by atoms with Gasteiger partial charge in [-0.15, -0.1) is 0 Å². The lowest BCUT2D eigenvalue weighted by Gasteiger charge is -2.20. The Balaban J connectivity index is 2.42. The smallest absolute Gasteiger partial charge is 0.344 e. The van der Waals surface area contributed by atoms with E-state index in [1.54, 1.807) is 13.8 Å². The van der Waals surface area contributed by atoms with Crippen molar-refractivity contribution >= 4 is 17.9 Å². The summed E-state index contributed by atoms with van der Waals surface area (Å²) < 4.78 is 20.4. The molecule has 1 saturated heterocycles. The first-order chi connectivity index (χ1) is 10.8. The van der Waals surface area contributed by atoms with Gasteiger partial charge in [0.05, 0.1) is 11.3 Å². The minimum atomic E-state index is -0.684. The molecule has 7 heteroatoms. The second-order valence-electron chi connectivity index (χ2n) is 6.19. The monoisotopic (exact) mass is 330 g/mol. The topological polar surface area (TPSA) is 88.1 Å². The molecule has 3 atom stereocenters. The van der Waals surface area contributed by atoms with Gasteiger partial charge in [-0.2, -0.15) is 0 Å². The van der Waals surface area contributed by atoms with E-state index < -0.39 is 36.2 Å². The van der Waals surface area contributed by atoms with Crippen LogP contribution in [0.15, 0.2) is 0 Å². The quantitative estimate of drug-likeness (QED) is 0.492. The van der Waals surface area contributed by atoms with Gasteiger partial charge in [0, 0.05) is 7.11 Å². The van der Waals surface area contributed by atoms with E-state index >= 15 is 0 Å². The van der Waals surface area contributed by atoms with Crippen molar-refractivity contribution in [1.29, 1.82) is 0 Å². The van der Waals surface area contributed by atoms with Crippen LogP contribution in [0.25, 0.3) is 0 Å². The average molecular weight is 330 g/mol. The van der Waals surface area contributed by atoms with Crippen LogP contribution in [0, 0.1) is 11.3 Å². The molecule has 0 aromatic heterocycles. The molecule has 3 unspecified atom stereocenters. The molecular weight excluding hydrogens is 304 g/mol. The van der Waals surface area contributed by atoms with Crippen molar-refractivity contribution in [3.05, 3.63) is 0 Å². The van der Waals surface area contributed by atoms with Crippen LogP contribution >= 0.6 is 0 Å². The first kappa shape index (κ1) is 19.4. The largest absolute Gasteiger partial charge is 0.459 e. The molecule has 0 aliphatic carbocycles. The van der Waals surface area contributed by atoms with Crippen molar-refractivity contribution in [2.75, 3.05) is 20.3 Å². The number of carbonyl (C=O) groups excluding carboxylic acids is 3. The lowest BCUT2D eigenvalue weighted by Crippen LogP contribution is -2.34. The number of carbonyl (C=O) groups is 3. The highest BCUT2D eigenvalue weighted by molar-refractivity contribution is 5.80. The highest BCUT2D eigenvalue weighted by atomic mass is 16.6. The van der Waals surface area contributed by atoms with Crippen molar-refractivity contribution in [2.24, 2.45) is 11.3 Å². The van der Waals surface area contributed by atoms with Crippen LogP contribution in [0.1, 0.15) is 40.5 Å². The second-order valence-corrected chi connectivity index (χ2v) is 6.19. The number of cyclic esters (lactones) is 1. The Morgan fingerprint density at radius 3 is 2.39 bits per heavy atom. The van der Waals surface area contributed by atoms with E-state index in [1.807, 2.05) is 13.8 Å². The van der Waals surface area contributed by atoms with E-state index in [0.717, 1.165) is 0 Å². The summed E-state index contributed by atoms with van der Waals surface area (Å²) in [6.07, 6.45) is 0.115. The van der Waals surface area contributed by atoms with Gasteiger partial charge in [0.2, 0.25) is 0 Å². The number of methoxy groups -OCH3 is 1. The zero-order chi connectivity index (χ0) is 17.6. The van der Waals surface area contributed by atoms with Crippen molar-refractivity contribution in [3.63, 3.8) is 0 Å². The van der Waals surface area contributed by atoms with Crippen LogP contribution in [-0.4, -0.2) is 50.4 Å². The van der Waals surface area contributed by atoms with Gasteiger partial charge >= 0.3 is 17.9 Å². The molecule has 0 bridgehead atoms. The summed E-state index contributed by atoms with van der Waals surface area (Å²) in [5.74, 6) is -1.84. The van der Waals surface area contributed by atoms with Gasteiger partial charge in [-0.1, -0.05) is 13.8 Å². The van der Waals surface area contributed by atoms with Gasteiger partial charge in [0.1, 0.15) is 12.7 Å². The Hall–Kier alpha value is -1.63. The lowest BCUT2D eigenvalue weighted by atomic mass is 9.91. The predicted molar refractivity (Wildman–Crippen MR) is 80.4 cm³/mol. The number of ether oxygens (including phenoxy) is 4. The normalized spacial score (nSPS) is 24.2. The fourth-order valence-electron chi connectivity index (χ4n) is 2.22. The fourth-order valence-corrected chi connectivity index (χ4v) is 2.22. The molecule has 0 aromatic carbocycles. The van der Waals surface area contributed by atoms with E-state index in [4.69, 9.17) is 18.9 Å². The number of hydrogen-bond donors (Lipinski definition) is 0. The lowest BCUT2D eigenvalue weighted by molar-refractivity contribution is -0.167. The first-order valence-electron chi connectivity index (χ1n) is 7.82. The van der Waals surface area contributed by atoms with Crippen LogP contribution < -0.4 is 0 Å². The Morgan fingerprint density at radius 2 is 1.87 bits per heavy atom. The third kappa shape index (κ3) is 4.92. The molecule has 1 aliphatic rings. The summed E-state index contributed by atoms with van der Waals surface area (Å²) in [7, 11) is 1.48. The summed E-state index contributed by atoms with van der Waals surface area (Å²) in [5.41, 5.74) is -0.642. The third-order valence-corrected chi connectivity index (χ3v) is 4.21. The molecule has 0 saturated carbocycles. The number of hydrogen-bond acceptors (Lipinski definition) is 7. The Bertz CT molecular complexity index is 444. The Kier molecular flexibility index (Phi) is 7.00. The predicted octanol–water partition coefficient (Wildman–Crippen LogP) is 1.48. The van der Waals surface area contributed by atoms with Gasteiger partial charge in [0.25, 0.3) is 0 Å². The highest BCUT2D eigenvalue weighted by Crippen LogP contribution is 2.27. The molecule has 0 radical (unpaired) electrons. The number of rotatable bonds is 8. The molecule has 132 valence electrons. The van der Waals surface area contributed by atoms with Gasteiger partial charge in [-0.3, -0.25) is 9.59 Å². The van der Waals surface area contributed by atoms with Crippen molar-refractivity contribution < 1.29 is 33.3 Å². The van der Waals surface area contributed by atoms with E-state index in [2.05, 4.69) is 0 Å². The van der Waals surface area contributed by atoms with E-state index in [-0.39, 0.29) is 18.5 Å². The average Bonchev–Trinajstić information content (AvgIpc) is 2.84. The maximum absolute atomic E-state index is 11.8. The van der Waals surface area contributed by atoms with Gasteiger partial charge < -0.3 is 18.9 Å². The Morgan fingerprint density at radius 1 is 1.22 bits per heavy atom. The Labute approximate surface area is 136 Å². The van der Waals surface area contributed by atoms with Gasteiger partial charge in [-0.25, -0.2) is 4.79 Å². The highest BCUT2D eigenvalue weighted by Gasteiger charge is 2.44. The molecule has 1 rings (SSSR count). The van der Waals surface area contributed by atoms with E-state index in [1.165, 1.54) is 7.11 Å². The molecular formula is C16H26O7. The molecule has 0 N–H and O–H groups in total. The summed E-state index contributed by atoms with van der Waals surface area (Å²) in [4.78, 5) is 35.1. The summed E-state index contributed by atoms with van der Waals surface area (Å²) >= 11 is 0. The molecule has 23 heavy (non-hydrogen) atoms. The van der Waals surface area contributed by atoms with E-state index in [0.29, 0.717) is 12.8 Å². The SMILES string of the molecule is CCC1C(=O)OC(COC(=O)COC(=O)C(C)(C)CC)C1OC. The fraction of sp³-hybridized carbons (Fsp3) is 0.812. The van der Waals surface area contributed by atoms with Crippen LogP contribution in [-0.2, 0) is 33.3 Å². The first-order valence-corrected chi connectivity index (χ1v) is 7.82. The molecule has 7 nitrogen and oxygen atoms in total. The minimum Gasteiger partial charge on any atom is -0.459 e. The molecule has 1 fully saturated rings. The van der Waals surface area contributed by atoms with Crippen molar-refractivity contribution in [2.45, 2.75) is 52.7 Å². The van der Waals surface area contributed by atoms with Crippen molar-refractivity contribution in [1.82, 2.24) is 0 Å². The molecule has 0 amide bonds. The van der Waals surface area contributed by atoms with E-state index in [9.17, 15) is 14.4 Å². The van der Waals surface area contributed by atoms with Crippen LogP contribution in [0.2, 0.25) is 0 Å². The second kappa shape index (κ2) is 8.29. The molecule has 0 spiro atoms. The van der Waals surface area contributed by atoms with Gasteiger partial charge in [-0.05, 0) is 26.7 Å². The minimum absolute atomic E-state index is 0.117. The maximum atomic E-state index is 11.8. The zero-order valence-electron chi connectivity index (χ0n) is 14.4. The summed E-state index contributed by atoms with van der Waals surface area (Å²) in [6.45, 7) is 6.63. The molecule has 1 aliphatic heterocycles. The standard InChI is InChI=1S/C16H26O7/c1-6-10-13(20-5)11(23-14(10)18)8-21-12(17)9-22-15(19)16(3,4)7-2/h10-11,13H,6-9H2,1-5H3. The third-order valence-electron chi connectivity index (χ3n) is 4.21.